The van der Waals surface area contributed by atoms with Crippen LogP contribution < -0.4 is 0 Å². The zero-order valence-electron chi connectivity index (χ0n) is 14.3. The molecule has 0 bridgehead atoms. The number of halogens is 1. The zero-order valence-corrected chi connectivity index (χ0v) is 15.9. The lowest BCUT2D eigenvalue weighted by molar-refractivity contribution is 0.0912. The molecule has 2 aromatic carbocycles. The van der Waals surface area contributed by atoms with Crippen molar-refractivity contribution in [2.45, 2.75) is 26.7 Å². The molecule has 4 rings (SSSR count). The molecule has 0 saturated heterocycles. The Morgan fingerprint density at radius 1 is 1.00 bits per heavy atom. The molecule has 0 radical (unpaired) electrons. The van der Waals surface area contributed by atoms with Crippen molar-refractivity contribution >= 4 is 21.7 Å². The second-order valence-corrected chi connectivity index (χ2v) is 8.28. The van der Waals surface area contributed by atoms with Crippen LogP contribution in [0.2, 0.25) is 0 Å². The summed E-state index contributed by atoms with van der Waals surface area (Å²) in [7, 11) is 0. The molecule has 3 aromatic rings. The van der Waals surface area contributed by atoms with E-state index in [2.05, 4.69) is 29.8 Å². The Labute approximate surface area is 155 Å². The lowest BCUT2D eigenvalue weighted by Gasteiger charge is -2.27. The number of carbonyl (C=O) groups is 1. The number of aromatic nitrogens is 2. The lowest BCUT2D eigenvalue weighted by Crippen LogP contribution is -2.26. The maximum atomic E-state index is 12.9. The summed E-state index contributed by atoms with van der Waals surface area (Å²) in [5, 5.41) is 4.85. The molecule has 1 aliphatic carbocycles. The number of hydrogen-bond donors (Lipinski definition) is 0. The van der Waals surface area contributed by atoms with E-state index >= 15 is 0 Å². The first-order valence-electron chi connectivity index (χ1n) is 8.41. The molecule has 25 heavy (non-hydrogen) atoms. The van der Waals surface area contributed by atoms with Crippen molar-refractivity contribution in [2.75, 3.05) is 0 Å². The molecule has 126 valence electrons. The van der Waals surface area contributed by atoms with Crippen molar-refractivity contribution < 1.29 is 4.79 Å². The van der Waals surface area contributed by atoms with E-state index in [1.807, 2.05) is 59.3 Å². The molecule has 0 fully saturated rings. The summed E-state index contributed by atoms with van der Waals surface area (Å²) in [5.74, 6) is 0.186. The third-order valence-electron chi connectivity index (χ3n) is 4.64. The highest BCUT2D eigenvalue weighted by Gasteiger charge is 2.36. The van der Waals surface area contributed by atoms with Crippen LogP contribution in [0.5, 0.6) is 0 Å². The fourth-order valence-electron chi connectivity index (χ4n) is 3.55. The predicted octanol–water partition coefficient (Wildman–Crippen LogP) is 5.46. The van der Waals surface area contributed by atoms with E-state index in [1.54, 1.807) is 0 Å². The molecule has 0 aliphatic heterocycles. The Bertz CT molecular complexity index is 940. The Hall–Kier alpha value is -2.20. The number of carbonyl (C=O) groups excluding carboxylic acids is 1. The number of para-hydroxylation sites is 1. The Kier molecular flexibility index (Phi) is 3.88. The molecule has 0 atom stereocenters. The van der Waals surface area contributed by atoms with Crippen molar-refractivity contribution in [1.29, 1.82) is 0 Å². The molecular weight excluding hydrogens is 376 g/mol. The minimum absolute atomic E-state index is 0.0447. The summed E-state index contributed by atoms with van der Waals surface area (Å²) in [4.78, 5) is 12.9. The summed E-state index contributed by atoms with van der Waals surface area (Å²) in [6, 6.07) is 18.1. The Morgan fingerprint density at radius 2 is 1.68 bits per heavy atom. The highest BCUT2D eigenvalue weighted by Crippen LogP contribution is 2.40. The summed E-state index contributed by atoms with van der Waals surface area (Å²) >= 11 is 3.48. The van der Waals surface area contributed by atoms with Crippen LogP contribution in [0, 0.1) is 5.41 Å². The maximum Gasteiger partial charge on any atom is 0.167 e. The second-order valence-electron chi connectivity index (χ2n) is 7.37. The Morgan fingerprint density at radius 3 is 2.36 bits per heavy atom. The molecule has 1 aliphatic rings. The SMILES string of the molecule is CC1(C)CC(=O)c2c(nn(-c3ccccc3)c2-c2ccc(Br)cc2)C1. The fourth-order valence-corrected chi connectivity index (χ4v) is 3.81. The van der Waals surface area contributed by atoms with Crippen LogP contribution >= 0.6 is 15.9 Å². The number of nitrogens with zero attached hydrogens (tertiary/aromatic N) is 2. The summed E-state index contributed by atoms with van der Waals surface area (Å²) in [5.41, 5.74) is 4.52. The molecule has 4 heteroatoms. The molecule has 3 nitrogen and oxygen atoms in total. The first-order chi connectivity index (χ1) is 11.9. The largest absolute Gasteiger partial charge is 0.294 e. The van der Waals surface area contributed by atoms with Crippen LogP contribution in [0.4, 0.5) is 0 Å². The predicted molar refractivity (Wildman–Crippen MR) is 103 cm³/mol. The van der Waals surface area contributed by atoms with Gasteiger partial charge in [-0.1, -0.05) is 60.1 Å². The van der Waals surface area contributed by atoms with Gasteiger partial charge in [-0.2, -0.15) is 5.10 Å². The average molecular weight is 395 g/mol. The van der Waals surface area contributed by atoms with E-state index in [9.17, 15) is 4.79 Å². The minimum Gasteiger partial charge on any atom is -0.294 e. The fraction of sp³-hybridized carbons (Fsp3) is 0.238. The van der Waals surface area contributed by atoms with E-state index in [-0.39, 0.29) is 11.2 Å². The van der Waals surface area contributed by atoms with Crippen LogP contribution in [-0.2, 0) is 6.42 Å². The topological polar surface area (TPSA) is 34.9 Å². The van der Waals surface area contributed by atoms with Crippen LogP contribution in [0.15, 0.2) is 59.1 Å². The van der Waals surface area contributed by atoms with Crippen molar-refractivity contribution in [3.63, 3.8) is 0 Å². The standard InChI is InChI=1S/C21H19BrN2O/c1-21(2)12-17-19(18(25)13-21)20(14-8-10-15(22)11-9-14)24(23-17)16-6-4-3-5-7-16/h3-11H,12-13H2,1-2H3. The lowest BCUT2D eigenvalue weighted by atomic mass is 9.75. The number of benzene rings is 2. The molecular formula is C21H19BrN2O. The molecule has 0 spiro atoms. The normalized spacial score (nSPS) is 15.9. The summed E-state index contributed by atoms with van der Waals surface area (Å²) < 4.78 is 2.94. The average Bonchev–Trinajstić information content (AvgIpc) is 2.94. The van der Waals surface area contributed by atoms with Gasteiger partial charge in [0.1, 0.15) is 0 Å². The third kappa shape index (κ3) is 2.95. The zero-order chi connectivity index (χ0) is 17.6. The van der Waals surface area contributed by atoms with E-state index in [4.69, 9.17) is 5.10 Å². The monoisotopic (exact) mass is 394 g/mol. The van der Waals surface area contributed by atoms with Gasteiger partial charge in [-0.15, -0.1) is 0 Å². The molecule has 1 aromatic heterocycles. The first-order valence-corrected chi connectivity index (χ1v) is 9.20. The van der Waals surface area contributed by atoms with E-state index in [0.717, 1.165) is 39.1 Å². The summed E-state index contributed by atoms with van der Waals surface area (Å²) in [6.07, 6.45) is 1.38. The molecule has 0 saturated carbocycles. The Balaban J connectivity index is 1.99. The third-order valence-corrected chi connectivity index (χ3v) is 5.17. The molecule has 0 unspecified atom stereocenters. The van der Waals surface area contributed by atoms with E-state index in [0.29, 0.717) is 6.42 Å². The van der Waals surface area contributed by atoms with Crippen LogP contribution in [0.25, 0.3) is 16.9 Å². The van der Waals surface area contributed by atoms with Crippen LogP contribution in [0.1, 0.15) is 36.3 Å². The van der Waals surface area contributed by atoms with Crippen molar-refractivity contribution in [3.8, 4) is 16.9 Å². The number of Topliss-reactive ketones (excluding diaryl/α,β-unsaturated/α-hetero) is 1. The van der Waals surface area contributed by atoms with Gasteiger partial charge < -0.3 is 0 Å². The molecule has 1 heterocycles. The van der Waals surface area contributed by atoms with Crippen LogP contribution in [-0.4, -0.2) is 15.6 Å². The summed E-state index contributed by atoms with van der Waals surface area (Å²) in [6.45, 7) is 4.27. The minimum atomic E-state index is -0.0447. The van der Waals surface area contributed by atoms with Gasteiger partial charge in [-0.3, -0.25) is 4.79 Å². The van der Waals surface area contributed by atoms with Gasteiger partial charge in [0.05, 0.1) is 22.6 Å². The molecule has 0 N–H and O–H groups in total. The van der Waals surface area contributed by atoms with Gasteiger partial charge in [-0.25, -0.2) is 4.68 Å². The van der Waals surface area contributed by atoms with E-state index in [1.165, 1.54) is 0 Å². The van der Waals surface area contributed by atoms with Crippen molar-refractivity contribution in [3.05, 3.63) is 70.3 Å². The number of fused-ring (bicyclic) bond motifs is 1. The smallest absolute Gasteiger partial charge is 0.167 e. The van der Waals surface area contributed by atoms with Crippen molar-refractivity contribution in [2.24, 2.45) is 5.41 Å². The van der Waals surface area contributed by atoms with E-state index < -0.39 is 0 Å². The van der Waals surface area contributed by atoms with Gasteiger partial charge in [0.2, 0.25) is 0 Å². The maximum absolute atomic E-state index is 12.9. The van der Waals surface area contributed by atoms with Gasteiger partial charge >= 0.3 is 0 Å². The first kappa shape index (κ1) is 16.3. The highest BCUT2D eigenvalue weighted by atomic mass is 79.9. The number of rotatable bonds is 2. The van der Waals surface area contributed by atoms with Gasteiger partial charge in [0.25, 0.3) is 0 Å². The van der Waals surface area contributed by atoms with Gasteiger partial charge in [-0.05, 0) is 36.1 Å². The number of ketones is 1. The quantitative estimate of drug-likeness (QED) is 0.578. The number of hydrogen-bond acceptors (Lipinski definition) is 2. The van der Waals surface area contributed by atoms with Gasteiger partial charge in [0, 0.05) is 16.5 Å². The molecule has 0 amide bonds. The van der Waals surface area contributed by atoms with Gasteiger partial charge in [0.15, 0.2) is 5.78 Å². The highest BCUT2D eigenvalue weighted by molar-refractivity contribution is 9.10. The second kappa shape index (κ2) is 5.95. The van der Waals surface area contributed by atoms with Crippen LogP contribution in [0.3, 0.4) is 0 Å². The van der Waals surface area contributed by atoms with Crippen molar-refractivity contribution in [1.82, 2.24) is 9.78 Å².